The zero-order chi connectivity index (χ0) is 24.7. The van der Waals surface area contributed by atoms with Gasteiger partial charge in [-0.1, -0.05) is 48.5 Å². The first-order valence-corrected chi connectivity index (χ1v) is 11.4. The Morgan fingerprint density at radius 2 is 1.71 bits per heavy atom. The molecule has 2 saturated heterocycles. The van der Waals surface area contributed by atoms with E-state index in [4.69, 9.17) is 9.47 Å². The SMILES string of the molecule is O=C(NC1CCOC1C(=O)N1CC(F)(F)C[C@@H]1C(=O)O)OCC1c2ccccc2-c2ccccc21. The number of halogens is 2. The zero-order valence-electron chi connectivity index (χ0n) is 18.7. The Bertz CT molecular complexity index is 1130. The third-order valence-corrected chi connectivity index (χ3v) is 6.82. The van der Waals surface area contributed by atoms with Gasteiger partial charge in [-0.15, -0.1) is 0 Å². The van der Waals surface area contributed by atoms with Crippen LogP contribution >= 0.6 is 0 Å². The molecule has 2 N–H and O–H groups in total. The maximum Gasteiger partial charge on any atom is 0.407 e. The van der Waals surface area contributed by atoms with Crippen molar-refractivity contribution in [1.82, 2.24) is 10.2 Å². The number of benzene rings is 2. The summed E-state index contributed by atoms with van der Waals surface area (Å²) in [6.45, 7) is -0.807. The molecule has 8 nitrogen and oxygen atoms in total. The maximum atomic E-state index is 13.8. The highest BCUT2D eigenvalue weighted by Gasteiger charge is 2.53. The van der Waals surface area contributed by atoms with Crippen LogP contribution in [0.25, 0.3) is 11.1 Å². The van der Waals surface area contributed by atoms with Crippen LogP contribution in [0.1, 0.15) is 29.9 Å². The number of ether oxygens (including phenoxy) is 2. The van der Waals surface area contributed by atoms with Gasteiger partial charge in [0, 0.05) is 18.9 Å². The molecule has 3 aliphatic rings. The molecule has 0 saturated carbocycles. The minimum atomic E-state index is -3.30. The highest BCUT2D eigenvalue weighted by atomic mass is 19.3. The molecule has 2 heterocycles. The minimum absolute atomic E-state index is 0.0749. The third-order valence-electron chi connectivity index (χ3n) is 6.82. The minimum Gasteiger partial charge on any atom is -0.480 e. The Morgan fingerprint density at radius 1 is 1.09 bits per heavy atom. The predicted octanol–water partition coefficient (Wildman–Crippen LogP) is 3.00. The van der Waals surface area contributed by atoms with Crippen molar-refractivity contribution in [3.05, 3.63) is 59.7 Å². The van der Waals surface area contributed by atoms with Gasteiger partial charge < -0.3 is 24.8 Å². The number of carbonyl (C=O) groups excluding carboxylic acids is 2. The number of nitrogens with one attached hydrogen (secondary N) is 1. The molecule has 10 heteroatoms. The quantitative estimate of drug-likeness (QED) is 0.673. The highest BCUT2D eigenvalue weighted by Crippen LogP contribution is 2.44. The van der Waals surface area contributed by atoms with Crippen LogP contribution < -0.4 is 5.32 Å². The number of nitrogens with zero attached hydrogens (tertiary/aromatic N) is 1. The third kappa shape index (κ3) is 4.34. The van der Waals surface area contributed by atoms with Gasteiger partial charge in [0.25, 0.3) is 11.8 Å². The highest BCUT2D eigenvalue weighted by molar-refractivity contribution is 5.88. The first-order valence-electron chi connectivity index (χ1n) is 11.4. The molecule has 35 heavy (non-hydrogen) atoms. The summed E-state index contributed by atoms with van der Waals surface area (Å²) in [6, 6.07) is 13.3. The molecule has 1 aliphatic carbocycles. The average molecular weight is 486 g/mol. The van der Waals surface area contributed by atoms with E-state index in [1.54, 1.807) is 0 Å². The number of carbonyl (C=O) groups is 3. The van der Waals surface area contributed by atoms with Crippen LogP contribution in [0.2, 0.25) is 0 Å². The number of likely N-dealkylation sites (tertiary alicyclic amines) is 1. The van der Waals surface area contributed by atoms with E-state index in [1.165, 1.54) is 0 Å². The molecule has 2 unspecified atom stereocenters. The van der Waals surface area contributed by atoms with Crippen LogP contribution in [-0.4, -0.2) is 71.8 Å². The lowest BCUT2D eigenvalue weighted by molar-refractivity contribution is -0.153. The van der Waals surface area contributed by atoms with Crippen molar-refractivity contribution in [3.63, 3.8) is 0 Å². The van der Waals surface area contributed by atoms with E-state index in [9.17, 15) is 28.3 Å². The molecule has 2 fully saturated rings. The van der Waals surface area contributed by atoms with Gasteiger partial charge in [-0.25, -0.2) is 18.4 Å². The lowest BCUT2D eigenvalue weighted by atomic mass is 9.98. The Balaban J connectivity index is 1.24. The van der Waals surface area contributed by atoms with Gasteiger partial charge in [0.1, 0.15) is 12.6 Å². The van der Waals surface area contributed by atoms with Crippen molar-refractivity contribution in [2.75, 3.05) is 19.8 Å². The van der Waals surface area contributed by atoms with Gasteiger partial charge in [0.2, 0.25) is 0 Å². The summed E-state index contributed by atoms with van der Waals surface area (Å²) in [7, 11) is 0. The molecular formula is C25H24F2N2O6. The smallest absolute Gasteiger partial charge is 0.407 e. The van der Waals surface area contributed by atoms with E-state index >= 15 is 0 Å². The number of hydrogen-bond donors (Lipinski definition) is 2. The molecule has 2 aromatic carbocycles. The number of alkyl halides is 2. The molecule has 0 bridgehead atoms. The van der Waals surface area contributed by atoms with E-state index in [-0.39, 0.29) is 25.6 Å². The van der Waals surface area contributed by atoms with Crippen LogP contribution in [-0.2, 0) is 19.1 Å². The van der Waals surface area contributed by atoms with Crippen LogP contribution in [0, 0.1) is 0 Å². The molecule has 5 rings (SSSR count). The van der Waals surface area contributed by atoms with Crippen LogP contribution in [0.4, 0.5) is 13.6 Å². The number of fused-ring (bicyclic) bond motifs is 3. The fraction of sp³-hybridized carbons (Fsp3) is 0.400. The zero-order valence-corrected chi connectivity index (χ0v) is 18.7. The number of amides is 2. The van der Waals surface area contributed by atoms with Crippen molar-refractivity contribution >= 4 is 18.0 Å². The largest absolute Gasteiger partial charge is 0.480 e. The van der Waals surface area contributed by atoms with Gasteiger partial charge in [-0.05, 0) is 28.7 Å². The molecule has 3 atom stereocenters. The fourth-order valence-corrected chi connectivity index (χ4v) is 5.20. The molecular weight excluding hydrogens is 462 g/mol. The van der Waals surface area contributed by atoms with Crippen LogP contribution in [0.15, 0.2) is 48.5 Å². The van der Waals surface area contributed by atoms with Gasteiger partial charge >= 0.3 is 12.1 Å². The summed E-state index contributed by atoms with van der Waals surface area (Å²) in [5, 5.41) is 11.9. The van der Waals surface area contributed by atoms with Gasteiger partial charge in [-0.2, -0.15) is 0 Å². The summed E-state index contributed by atoms with van der Waals surface area (Å²) in [5.74, 6) is -5.83. The van der Waals surface area contributed by atoms with Crippen LogP contribution in [0.5, 0.6) is 0 Å². The maximum absolute atomic E-state index is 13.8. The second-order valence-corrected chi connectivity index (χ2v) is 9.04. The summed E-state index contributed by atoms with van der Waals surface area (Å²) in [5.41, 5.74) is 4.27. The number of aliphatic carboxylic acids is 1. The molecule has 2 amide bonds. The van der Waals surface area contributed by atoms with Crippen molar-refractivity contribution in [2.45, 2.75) is 42.9 Å². The first-order chi connectivity index (χ1) is 16.7. The van der Waals surface area contributed by atoms with E-state index < -0.39 is 55.0 Å². The fourth-order valence-electron chi connectivity index (χ4n) is 5.20. The molecule has 0 radical (unpaired) electrons. The molecule has 2 aromatic rings. The lowest BCUT2D eigenvalue weighted by Gasteiger charge is -2.27. The standard InChI is InChI=1S/C25H24F2N2O6/c26-25(27)11-20(23(31)32)29(13-25)22(30)21-19(9-10-34-21)28-24(33)35-12-18-16-7-3-1-5-14(16)15-6-2-4-8-17(15)18/h1-8,18-21H,9-13H2,(H,28,33)(H,31,32)/t19?,20-,21?/m1/s1. The summed E-state index contributed by atoms with van der Waals surface area (Å²) < 4.78 is 38.6. The van der Waals surface area contributed by atoms with Gasteiger partial charge in [0.15, 0.2) is 6.10 Å². The van der Waals surface area contributed by atoms with E-state index in [0.717, 1.165) is 22.3 Å². The Morgan fingerprint density at radius 3 is 2.34 bits per heavy atom. The number of carboxylic acids is 1. The van der Waals surface area contributed by atoms with E-state index in [2.05, 4.69) is 5.32 Å². The second-order valence-electron chi connectivity index (χ2n) is 9.04. The average Bonchev–Trinajstić information content (AvgIpc) is 3.51. The number of hydrogen-bond acceptors (Lipinski definition) is 5. The normalized spacial score (nSPS) is 24.6. The van der Waals surface area contributed by atoms with Crippen molar-refractivity contribution in [1.29, 1.82) is 0 Å². The predicted molar refractivity (Wildman–Crippen MR) is 119 cm³/mol. The Kier molecular flexibility index (Phi) is 5.92. The molecule has 184 valence electrons. The number of alkyl carbamates (subject to hydrolysis) is 1. The van der Waals surface area contributed by atoms with Crippen molar-refractivity contribution in [3.8, 4) is 11.1 Å². The summed E-state index contributed by atoms with van der Waals surface area (Å²) in [6.07, 6.45) is -2.71. The van der Waals surface area contributed by atoms with E-state index in [1.807, 2.05) is 48.5 Å². The van der Waals surface area contributed by atoms with Gasteiger partial charge in [-0.3, -0.25) is 4.79 Å². The Hall–Kier alpha value is -3.53. The summed E-state index contributed by atoms with van der Waals surface area (Å²) in [4.78, 5) is 37.5. The number of rotatable bonds is 5. The monoisotopic (exact) mass is 486 g/mol. The van der Waals surface area contributed by atoms with Crippen molar-refractivity contribution < 1.29 is 37.7 Å². The topological polar surface area (TPSA) is 105 Å². The second kappa shape index (κ2) is 8.92. The van der Waals surface area contributed by atoms with Gasteiger partial charge in [0.05, 0.1) is 12.6 Å². The first kappa shape index (κ1) is 23.2. The summed E-state index contributed by atoms with van der Waals surface area (Å²) >= 11 is 0. The van der Waals surface area contributed by atoms with E-state index in [0.29, 0.717) is 4.90 Å². The Labute approximate surface area is 199 Å². The van der Waals surface area contributed by atoms with Crippen molar-refractivity contribution in [2.24, 2.45) is 0 Å². The molecule has 0 spiro atoms. The molecule has 0 aromatic heterocycles. The van der Waals surface area contributed by atoms with Crippen LogP contribution in [0.3, 0.4) is 0 Å². The molecule has 2 aliphatic heterocycles. The number of carboxylic acid groups (broad SMARTS) is 1. The lowest BCUT2D eigenvalue weighted by Crippen LogP contribution is -2.52.